The smallest absolute Gasteiger partial charge is 0.416 e. The van der Waals surface area contributed by atoms with E-state index in [1.54, 1.807) is 44.4 Å². The lowest BCUT2D eigenvalue weighted by molar-refractivity contribution is -0.137. The Balaban J connectivity index is 0.000000600. The van der Waals surface area contributed by atoms with Crippen LogP contribution in [0.2, 0.25) is 0 Å². The maximum absolute atomic E-state index is 17.3. The second kappa shape index (κ2) is 19.4. The molecule has 5 N–H and O–H groups in total. The van der Waals surface area contributed by atoms with Gasteiger partial charge in [-0.2, -0.15) is 21.6 Å². The lowest BCUT2D eigenvalue weighted by atomic mass is 9.68. The highest BCUT2D eigenvalue weighted by atomic mass is 32.2. The molecule has 2 fully saturated rings. The number of rotatable bonds is 10. The topological polar surface area (TPSA) is 177 Å². The molecule has 18 heteroatoms. The molecule has 3 aliphatic rings. The molecule has 1 saturated heterocycles. The lowest BCUT2D eigenvalue weighted by Gasteiger charge is -2.41. The minimum atomic E-state index is -4.60. The number of benzene rings is 2. The van der Waals surface area contributed by atoms with Crippen LogP contribution in [0, 0.1) is 5.41 Å². The van der Waals surface area contributed by atoms with Gasteiger partial charge >= 0.3 is 6.18 Å². The van der Waals surface area contributed by atoms with E-state index < -0.39 is 51.6 Å². The van der Waals surface area contributed by atoms with Crippen molar-refractivity contribution in [2.75, 3.05) is 24.6 Å². The predicted octanol–water partition coefficient (Wildman–Crippen LogP) is 9.28. The Bertz CT molecular complexity index is 2240. The number of hydrogen-bond donors (Lipinski definition) is 3. The molecule has 7 rings (SSSR count). The van der Waals surface area contributed by atoms with Crippen LogP contribution in [0.15, 0.2) is 71.9 Å². The monoisotopic (exact) mass is 910 g/mol. The predicted molar refractivity (Wildman–Crippen MR) is 224 cm³/mol. The zero-order valence-electron chi connectivity index (χ0n) is 35.7. The molecule has 1 saturated carbocycles. The Morgan fingerprint density at radius 2 is 1.49 bits per heavy atom. The number of fused-ring (bicyclic) bond motifs is 1. The summed E-state index contributed by atoms with van der Waals surface area (Å²) in [5, 5.41) is 21.5. The summed E-state index contributed by atoms with van der Waals surface area (Å²) >= 11 is 0. The van der Waals surface area contributed by atoms with Gasteiger partial charge in [-0.15, -0.1) is 0 Å². The Hall–Kier alpha value is -4.36. The van der Waals surface area contributed by atoms with E-state index in [0.717, 1.165) is 24.3 Å². The van der Waals surface area contributed by atoms with E-state index in [-0.39, 0.29) is 58.5 Å². The number of aliphatic hydroxyl groups is 2. The fourth-order valence-corrected chi connectivity index (χ4v) is 9.13. The standard InChI is InChI=1S/C39H48F6N4O3.C6H6O3S.H2O/c1-36(2)19-28-31(29(50)20-36)30(23-9-13-38(41,42)14-10-23)32(33(40)24-5-7-26(8-6-24)39(43,44)45)34(48-28)25-11-16-49(17-12-25)35-46-21-27(22-47-35)52-18-15-37(3,4)51;7-10(8,9)6-4-2-1-3-5-6;/h5-8,21-23,25,29,33,50-51H,9-20H2,1-4H3;1-5H,(H,7,8,9);1H2/t29-,33-;;/m0../s1. The van der Waals surface area contributed by atoms with Gasteiger partial charge in [-0.25, -0.2) is 23.1 Å². The molecule has 0 amide bonds. The van der Waals surface area contributed by atoms with Gasteiger partial charge in [0.15, 0.2) is 11.9 Å². The summed E-state index contributed by atoms with van der Waals surface area (Å²) in [7, 11) is -4.00. The van der Waals surface area contributed by atoms with Crippen molar-refractivity contribution in [3.05, 3.63) is 106 Å². The SMILES string of the molecule is CC(C)(O)CCOc1cnc(N2CCC(c3nc4c(c(C5CCC(F)(F)CC5)c3[C@@H](F)c3ccc(C(F)(F)F)cc3)[C@@H](O)CC(C)(C)C4)CC2)nc1.O.O=S(=O)(O)c1ccccc1. The first-order chi connectivity index (χ1) is 28.9. The van der Waals surface area contributed by atoms with Crippen LogP contribution in [0.1, 0.15) is 142 Å². The first kappa shape index (κ1) is 49.7. The quantitative estimate of drug-likeness (QED) is 0.103. The van der Waals surface area contributed by atoms with Gasteiger partial charge in [0, 0.05) is 55.1 Å². The fourth-order valence-electron chi connectivity index (χ4n) is 8.63. The molecule has 1 aliphatic heterocycles. The summed E-state index contributed by atoms with van der Waals surface area (Å²) in [4.78, 5) is 16.0. The summed E-state index contributed by atoms with van der Waals surface area (Å²) < 4.78 is 121. The summed E-state index contributed by atoms with van der Waals surface area (Å²) in [5.41, 5.74) is 0.273. The molecule has 0 bridgehead atoms. The van der Waals surface area contributed by atoms with Crippen molar-refractivity contribution < 1.29 is 59.7 Å². The number of piperidine rings is 1. The molecule has 2 aromatic heterocycles. The highest BCUT2D eigenvalue weighted by molar-refractivity contribution is 7.85. The van der Waals surface area contributed by atoms with Crippen molar-refractivity contribution >= 4 is 16.1 Å². The van der Waals surface area contributed by atoms with Gasteiger partial charge in [0.1, 0.15) is 0 Å². The maximum Gasteiger partial charge on any atom is 0.416 e. The van der Waals surface area contributed by atoms with Crippen LogP contribution in [-0.4, -0.2) is 74.8 Å². The Labute approximate surface area is 364 Å². The van der Waals surface area contributed by atoms with E-state index >= 15 is 4.39 Å². The Kier molecular flexibility index (Phi) is 15.3. The number of nitrogens with zero attached hydrogens (tertiary/aromatic N) is 4. The molecule has 11 nitrogen and oxygen atoms in total. The van der Waals surface area contributed by atoms with Crippen molar-refractivity contribution in [3.8, 4) is 5.75 Å². The van der Waals surface area contributed by atoms with Crippen LogP contribution in [0.25, 0.3) is 0 Å². The molecule has 0 radical (unpaired) electrons. The Morgan fingerprint density at radius 1 is 0.905 bits per heavy atom. The maximum atomic E-state index is 17.3. The van der Waals surface area contributed by atoms with Crippen LogP contribution >= 0.6 is 0 Å². The van der Waals surface area contributed by atoms with Gasteiger partial charge in [-0.3, -0.25) is 9.54 Å². The van der Waals surface area contributed by atoms with Gasteiger partial charge in [0.2, 0.25) is 11.9 Å². The fraction of sp³-hybridized carbons (Fsp3) is 0.533. The molecule has 2 atom stereocenters. The van der Waals surface area contributed by atoms with Crippen molar-refractivity contribution in [2.24, 2.45) is 5.41 Å². The van der Waals surface area contributed by atoms with Gasteiger partial charge in [-0.1, -0.05) is 44.2 Å². The molecular weight excluding hydrogens is 855 g/mol. The first-order valence-electron chi connectivity index (χ1n) is 20.8. The van der Waals surface area contributed by atoms with Crippen LogP contribution in [-0.2, 0) is 22.7 Å². The molecular formula is C45H56F6N4O7S. The Morgan fingerprint density at radius 3 is 2.02 bits per heavy atom. The molecule has 63 heavy (non-hydrogen) atoms. The largest absolute Gasteiger partial charge is 0.490 e. The van der Waals surface area contributed by atoms with Crippen LogP contribution in [0.3, 0.4) is 0 Å². The van der Waals surface area contributed by atoms with E-state index in [1.165, 1.54) is 12.1 Å². The summed E-state index contributed by atoms with van der Waals surface area (Å²) in [6.07, 6.45) is -2.46. The molecule has 2 aromatic carbocycles. The molecule has 0 spiro atoms. The molecule has 0 unspecified atom stereocenters. The van der Waals surface area contributed by atoms with Crippen molar-refractivity contribution in [3.63, 3.8) is 0 Å². The van der Waals surface area contributed by atoms with E-state index in [9.17, 15) is 40.6 Å². The number of aliphatic hydroxyl groups excluding tert-OH is 1. The third-order valence-corrected chi connectivity index (χ3v) is 12.7. The molecule has 346 valence electrons. The molecule has 2 aliphatic carbocycles. The number of ether oxygens (including phenoxy) is 1. The third-order valence-electron chi connectivity index (χ3n) is 11.9. The summed E-state index contributed by atoms with van der Waals surface area (Å²) in [6, 6.07) is 11.4. The number of halogens is 6. The highest BCUT2D eigenvalue weighted by Gasteiger charge is 2.44. The average Bonchev–Trinajstić information content (AvgIpc) is 3.19. The van der Waals surface area contributed by atoms with Gasteiger partial charge in [0.25, 0.3) is 10.1 Å². The average molecular weight is 911 g/mol. The summed E-state index contributed by atoms with van der Waals surface area (Å²) in [6.45, 7) is 8.78. The summed E-state index contributed by atoms with van der Waals surface area (Å²) in [5.74, 6) is -2.59. The van der Waals surface area contributed by atoms with Crippen LogP contribution in [0.4, 0.5) is 32.3 Å². The van der Waals surface area contributed by atoms with Crippen molar-refractivity contribution in [2.45, 2.75) is 132 Å². The zero-order valence-corrected chi connectivity index (χ0v) is 36.5. The van der Waals surface area contributed by atoms with Gasteiger partial charge < -0.3 is 25.3 Å². The van der Waals surface area contributed by atoms with Gasteiger partial charge in [0.05, 0.1) is 46.9 Å². The third kappa shape index (κ3) is 12.7. The van der Waals surface area contributed by atoms with E-state index in [0.29, 0.717) is 86.0 Å². The van der Waals surface area contributed by atoms with Gasteiger partial charge in [-0.05, 0) is 99.1 Å². The lowest BCUT2D eigenvalue weighted by Crippen LogP contribution is -2.36. The minimum Gasteiger partial charge on any atom is -0.490 e. The van der Waals surface area contributed by atoms with Crippen molar-refractivity contribution in [1.29, 1.82) is 0 Å². The highest BCUT2D eigenvalue weighted by Crippen LogP contribution is 2.52. The second-order valence-electron chi connectivity index (χ2n) is 18.0. The first-order valence-corrected chi connectivity index (χ1v) is 22.2. The number of pyridine rings is 1. The van der Waals surface area contributed by atoms with E-state index in [2.05, 4.69) is 9.97 Å². The van der Waals surface area contributed by atoms with Crippen LogP contribution in [0.5, 0.6) is 5.75 Å². The van der Waals surface area contributed by atoms with Crippen molar-refractivity contribution in [1.82, 2.24) is 15.0 Å². The number of anilines is 1. The van der Waals surface area contributed by atoms with E-state index in [4.69, 9.17) is 14.3 Å². The van der Waals surface area contributed by atoms with Crippen LogP contribution < -0.4 is 9.64 Å². The number of aromatic nitrogens is 3. The molecule has 4 aromatic rings. The second-order valence-corrected chi connectivity index (χ2v) is 19.5. The minimum absolute atomic E-state index is 0. The molecule has 3 heterocycles. The zero-order chi connectivity index (χ0) is 45.3. The normalized spacial score (nSPS) is 19.8. The number of alkyl halides is 6. The number of hydrogen-bond acceptors (Lipinski definition) is 9. The van der Waals surface area contributed by atoms with E-state index in [1.807, 2.05) is 18.7 Å².